The fourth-order valence-corrected chi connectivity index (χ4v) is 3.00. The van der Waals surface area contributed by atoms with E-state index in [4.69, 9.17) is 4.74 Å². The van der Waals surface area contributed by atoms with Crippen LogP contribution in [-0.4, -0.2) is 25.0 Å². The van der Waals surface area contributed by atoms with Gasteiger partial charge in [0, 0.05) is 17.2 Å². The molecule has 4 nitrogen and oxygen atoms in total. The molecule has 1 heterocycles. The molecule has 1 aliphatic rings. The second kappa shape index (κ2) is 6.80. The zero-order valence-corrected chi connectivity index (χ0v) is 13.6. The van der Waals surface area contributed by atoms with E-state index < -0.39 is 0 Å². The van der Waals surface area contributed by atoms with Crippen molar-refractivity contribution in [3.05, 3.63) is 29.3 Å². The fourth-order valence-electron chi connectivity index (χ4n) is 2.40. The first-order valence-electron chi connectivity index (χ1n) is 6.82. The van der Waals surface area contributed by atoms with Crippen molar-refractivity contribution in [3.8, 4) is 5.75 Å². The molecule has 0 aromatic heterocycles. The van der Waals surface area contributed by atoms with Gasteiger partial charge in [-0.05, 0) is 36.4 Å². The Hall–Kier alpha value is -1.75. The van der Waals surface area contributed by atoms with Crippen molar-refractivity contribution >= 4 is 29.5 Å². The van der Waals surface area contributed by atoms with Crippen LogP contribution in [0.1, 0.15) is 25.8 Å². The monoisotopic (exact) mass is 304 g/mol. The van der Waals surface area contributed by atoms with Crippen LogP contribution in [0.5, 0.6) is 5.75 Å². The van der Waals surface area contributed by atoms with Crippen molar-refractivity contribution < 1.29 is 9.53 Å². The lowest BCUT2D eigenvalue weighted by Gasteiger charge is -2.19. The molecule has 1 amide bonds. The Labute approximate surface area is 129 Å². The lowest BCUT2D eigenvalue weighted by molar-refractivity contribution is -0.121. The molecule has 1 N–H and O–H groups in total. The molecule has 1 atom stereocenters. The summed E-state index contributed by atoms with van der Waals surface area (Å²) in [5, 5.41) is 4.18. The summed E-state index contributed by atoms with van der Waals surface area (Å²) >= 11 is 1.66. The minimum absolute atomic E-state index is 0.0202. The largest absolute Gasteiger partial charge is 0.496 e. The number of hydrogen-bond acceptors (Lipinski definition) is 4. The molecule has 1 aliphatic heterocycles. The standard InChI is InChI=1S/C16H20N2O2S/c1-10(16-11(2)8-15(19)17-18-16)7-12-5-6-13(20-3)14(9-12)21-4/h5-7,9,11H,8H2,1-4H3,(H,17,19). The van der Waals surface area contributed by atoms with E-state index in [0.29, 0.717) is 6.42 Å². The van der Waals surface area contributed by atoms with Gasteiger partial charge in [0.25, 0.3) is 0 Å². The summed E-state index contributed by atoms with van der Waals surface area (Å²) in [6.45, 7) is 4.05. The van der Waals surface area contributed by atoms with Gasteiger partial charge in [0.2, 0.25) is 5.91 Å². The van der Waals surface area contributed by atoms with Crippen LogP contribution in [0.2, 0.25) is 0 Å². The zero-order valence-electron chi connectivity index (χ0n) is 12.8. The first-order valence-corrected chi connectivity index (χ1v) is 8.04. The summed E-state index contributed by atoms with van der Waals surface area (Å²) in [5.41, 5.74) is 5.67. The van der Waals surface area contributed by atoms with Gasteiger partial charge in [-0.25, -0.2) is 5.43 Å². The Bertz CT molecular complexity index is 608. The molecule has 0 saturated heterocycles. The summed E-state index contributed by atoms with van der Waals surface area (Å²) < 4.78 is 5.33. The number of hydrogen-bond donors (Lipinski definition) is 1. The van der Waals surface area contributed by atoms with Gasteiger partial charge in [-0.1, -0.05) is 19.1 Å². The minimum Gasteiger partial charge on any atom is -0.496 e. The van der Waals surface area contributed by atoms with Crippen molar-refractivity contribution in [2.45, 2.75) is 25.2 Å². The third kappa shape index (κ3) is 3.67. The van der Waals surface area contributed by atoms with Gasteiger partial charge in [0.15, 0.2) is 0 Å². The van der Waals surface area contributed by atoms with Crippen LogP contribution in [0.3, 0.4) is 0 Å². The highest BCUT2D eigenvalue weighted by molar-refractivity contribution is 7.98. The summed E-state index contributed by atoms with van der Waals surface area (Å²) in [6, 6.07) is 6.09. The molecule has 5 heteroatoms. The normalized spacial score (nSPS) is 19.0. The van der Waals surface area contributed by atoms with Crippen LogP contribution in [0.15, 0.2) is 33.8 Å². The minimum atomic E-state index is -0.0202. The summed E-state index contributed by atoms with van der Waals surface area (Å²) in [7, 11) is 1.68. The van der Waals surface area contributed by atoms with E-state index in [1.54, 1.807) is 18.9 Å². The predicted octanol–water partition coefficient (Wildman–Crippen LogP) is 3.33. The maximum Gasteiger partial charge on any atom is 0.240 e. The van der Waals surface area contributed by atoms with E-state index in [0.717, 1.165) is 27.5 Å². The van der Waals surface area contributed by atoms with Gasteiger partial charge in [-0.3, -0.25) is 4.79 Å². The van der Waals surface area contributed by atoms with E-state index in [2.05, 4.69) is 22.7 Å². The van der Waals surface area contributed by atoms with Crippen LogP contribution >= 0.6 is 11.8 Å². The second-order valence-electron chi connectivity index (χ2n) is 5.08. The lowest BCUT2D eigenvalue weighted by atomic mass is 9.93. The van der Waals surface area contributed by atoms with Gasteiger partial charge < -0.3 is 4.74 Å². The number of nitrogens with one attached hydrogen (secondary N) is 1. The first kappa shape index (κ1) is 15.6. The number of carbonyl (C=O) groups excluding carboxylic acids is 1. The zero-order chi connectivity index (χ0) is 15.4. The number of thioether (sulfide) groups is 1. The molecular weight excluding hydrogens is 284 g/mol. The topological polar surface area (TPSA) is 50.7 Å². The molecule has 0 saturated carbocycles. The highest BCUT2D eigenvalue weighted by Gasteiger charge is 2.21. The van der Waals surface area contributed by atoms with Gasteiger partial charge in [0.1, 0.15) is 5.75 Å². The van der Waals surface area contributed by atoms with E-state index in [-0.39, 0.29) is 11.8 Å². The molecule has 1 unspecified atom stereocenters. The number of methoxy groups -OCH3 is 1. The van der Waals surface area contributed by atoms with Crippen molar-refractivity contribution in [1.29, 1.82) is 0 Å². The Balaban J connectivity index is 2.28. The average Bonchev–Trinajstić information content (AvgIpc) is 2.46. The third-order valence-electron chi connectivity index (χ3n) is 3.45. The highest BCUT2D eigenvalue weighted by atomic mass is 32.2. The van der Waals surface area contributed by atoms with Crippen molar-refractivity contribution in [3.63, 3.8) is 0 Å². The van der Waals surface area contributed by atoms with Crippen LogP contribution in [0.25, 0.3) is 6.08 Å². The molecule has 0 aliphatic carbocycles. The fraction of sp³-hybridized carbons (Fsp3) is 0.375. The van der Waals surface area contributed by atoms with Crippen molar-refractivity contribution in [1.82, 2.24) is 5.43 Å². The summed E-state index contributed by atoms with van der Waals surface area (Å²) in [5.74, 6) is 1.01. The molecule has 1 aromatic rings. The molecule has 112 valence electrons. The predicted molar refractivity (Wildman–Crippen MR) is 87.8 cm³/mol. The number of amides is 1. The van der Waals surface area contributed by atoms with E-state index >= 15 is 0 Å². The van der Waals surface area contributed by atoms with Gasteiger partial charge in [-0.15, -0.1) is 11.8 Å². The lowest BCUT2D eigenvalue weighted by Crippen LogP contribution is -2.31. The van der Waals surface area contributed by atoms with E-state index in [1.165, 1.54) is 0 Å². The number of benzene rings is 1. The maximum absolute atomic E-state index is 11.3. The molecule has 2 rings (SSSR count). The average molecular weight is 304 g/mol. The van der Waals surface area contributed by atoms with Crippen molar-refractivity contribution in [2.24, 2.45) is 11.0 Å². The number of carbonyl (C=O) groups is 1. The maximum atomic E-state index is 11.3. The number of rotatable bonds is 4. The van der Waals surface area contributed by atoms with Gasteiger partial charge in [-0.2, -0.15) is 5.10 Å². The molecular formula is C16H20N2O2S. The third-order valence-corrected chi connectivity index (χ3v) is 4.21. The van der Waals surface area contributed by atoms with E-state index in [9.17, 15) is 4.79 Å². The SMILES string of the molecule is COc1ccc(C=C(C)C2=NNC(=O)CC2C)cc1SC. The van der Waals surface area contributed by atoms with Crippen LogP contribution in [0, 0.1) is 5.92 Å². The molecule has 21 heavy (non-hydrogen) atoms. The Kier molecular flexibility index (Phi) is 5.07. The summed E-state index contributed by atoms with van der Waals surface area (Å²) in [6.07, 6.45) is 4.61. The van der Waals surface area contributed by atoms with Crippen LogP contribution < -0.4 is 10.2 Å². The quantitative estimate of drug-likeness (QED) is 0.868. The van der Waals surface area contributed by atoms with Gasteiger partial charge in [0.05, 0.1) is 12.8 Å². The Morgan fingerprint density at radius 1 is 1.52 bits per heavy atom. The number of allylic oxidation sites excluding steroid dienone is 1. The highest BCUT2D eigenvalue weighted by Crippen LogP contribution is 2.29. The molecule has 0 bridgehead atoms. The van der Waals surface area contributed by atoms with E-state index in [1.807, 2.05) is 32.2 Å². The van der Waals surface area contributed by atoms with Crippen LogP contribution in [-0.2, 0) is 4.79 Å². The Morgan fingerprint density at radius 3 is 2.90 bits per heavy atom. The Morgan fingerprint density at radius 2 is 2.29 bits per heavy atom. The number of ether oxygens (including phenoxy) is 1. The molecule has 1 aromatic carbocycles. The smallest absolute Gasteiger partial charge is 0.240 e. The number of nitrogens with zero attached hydrogens (tertiary/aromatic N) is 1. The van der Waals surface area contributed by atoms with Gasteiger partial charge >= 0.3 is 0 Å². The molecule has 0 radical (unpaired) electrons. The van der Waals surface area contributed by atoms with Crippen molar-refractivity contribution in [2.75, 3.05) is 13.4 Å². The first-order chi connectivity index (χ1) is 10.0. The summed E-state index contributed by atoms with van der Waals surface area (Å²) in [4.78, 5) is 12.4. The van der Waals surface area contributed by atoms with Crippen LogP contribution in [0.4, 0.5) is 0 Å². The second-order valence-corrected chi connectivity index (χ2v) is 5.93. The molecule has 0 fully saturated rings. The molecule has 0 spiro atoms. The number of hydrazone groups is 1.